The summed E-state index contributed by atoms with van der Waals surface area (Å²) in [4.78, 5) is 4.89. The quantitative estimate of drug-likeness (QED) is 0.311. The van der Waals surface area contributed by atoms with Crippen molar-refractivity contribution in [3.8, 4) is 22.4 Å². The number of aryl methyl sites for hydroxylation is 2. The fourth-order valence-electron chi connectivity index (χ4n) is 5.07. The molecule has 0 N–H and O–H groups in total. The van der Waals surface area contributed by atoms with E-state index in [1.165, 1.54) is 55.3 Å². The van der Waals surface area contributed by atoms with Gasteiger partial charge in [0.15, 0.2) is 0 Å². The van der Waals surface area contributed by atoms with Gasteiger partial charge < -0.3 is 0 Å². The monoisotopic (exact) mass is 405 g/mol. The van der Waals surface area contributed by atoms with Gasteiger partial charge in [0.2, 0.25) is 0 Å². The molecule has 1 aliphatic rings. The highest BCUT2D eigenvalue weighted by Gasteiger charge is 2.38. The molecule has 0 radical (unpaired) electrons. The van der Waals surface area contributed by atoms with Crippen molar-refractivity contribution in [2.45, 2.75) is 59.3 Å². The highest BCUT2D eigenvalue weighted by Crippen LogP contribution is 2.52. The predicted octanol–water partition coefficient (Wildman–Crippen LogP) is 8.12. The standard InChI is InChI=1S/C30H31N/c1-18-8-9-21(14-19(18)2)28-27-24(12-13-31-28)25-16-20-10-11-23(29(3,4)5)15-22(20)17-26(25)30(27,6)7/h8-17H,1-7H3. The lowest BCUT2D eigenvalue weighted by molar-refractivity contribution is 0.591. The zero-order valence-electron chi connectivity index (χ0n) is 19.7. The summed E-state index contributed by atoms with van der Waals surface area (Å²) >= 11 is 0. The summed E-state index contributed by atoms with van der Waals surface area (Å²) in [6.45, 7) is 15.9. The van der Waals surface area contributed by atoms with Gasteiger partial charge in [0.25, 0.3) is 0 Å². The molecule has 1 aromatic heterocycles. The molecule has 0 amide bonds. The molecular weight excluding hydrogens is 374 g/mol. The van der Waals surface area contributed by atoms with Gasteiger partial charge in [0.05, 0.1) is 5.69 Å². The minimum atomic E-state index is -0.0982. The third-order valence-corrected chi connectivity index (χ3v) is 7.16. The number of aromatic nitrogens is 1. The van der Waals surface area contributed by atoms with Crippen molar-refractivity contribution in [2.75, 3.05) is 0 Å². The maximum absolute atomic E-state index is 4.89. The predicted molar refractivity (Wildman–Crippen MR) is 133 cm³/mol. The van der Waals surface area contributed by atoms with E-state index in [0.717, 1.165) is 5.69 Å². The van der Waals surface area contributed by atoms with E-state index >= 15 is 0 Å². The fourth-order valence-corrected chi connectivity index (χ4v) is 5.07. The first-order valence-electron chi connectivity index (χ1n) is 11.2. The summed E-state index contributed by atoms with van der Waals surface area (Å²) in [6.07, 6.45) is 1.97. The number of rotatable bonds is 1. The van der Waals surface area contributed by atoms with Gasteiger partial charge in [-0.1, -0.05) is 65.0 Å². The Bertz CT molecular complexity index is 1350. The minimum Gasteiger partial charge on any atom is -0.256 e. The third kappa shape index (κ3) is 3.02. The minimum absolute atomic E-state index is 0.0982. The molecule has 1 nitrogen and oxygen atoms in total. The van der Waals surface area contributed by atoms with E-state index in [-0.39, 0.29) is 10.8 Å². The van der Waals surface area contributed by atoms with Crippen LogP contribution in [0, 0.1) is 13.8 Å². The van der Waals surface area contributed by atoms with E-state index in [0.29, 0.717) is 0 Å². The first-order chi connectivity index (χ1) is 14.6. The van der Waals surface area contributed by atoms with E-state index < -0.39 is 0 Å². The molecule has 0 unspecified atom stereocenters. The second kappa shape index (κ2) is 6.53. The zero-order valence-corrected chi connectivity index (χ0v) is 19.7. The van der Waals surface area contributed by atoms with Gasteiger partial charge in [-0.05, 0) is 93.2 Å². The molecule has 0 spiro atoms. The molecule has 3 aromatic carbocycles. The summed E-state index contributed by atoms with van der Waals surface area (Å²) in [5.41, 5.74) is 11.8. The largest absolute Gasteiger partial charge is 0.256 e. The van der Waals surface area contributed by atoms with Crippen LogP contribution in [0.1, 0.15) is 62.4 Å². The van der Waals surface area contributed by atoms with Gasteiger partial charge in [-0.15, -0.1) is 0 Å². The van der Waals surface area contributed by atoms with E-state index in [2.05, 4.69) is 103 Å². The second-order valence-corrected chi connectivity index (χ2v) is 10.7. The van der Waals surface area contributed by atoms with Gasteiger partial charge in [-0.3, -0.25) is 4.98 Å². The Labute approximate surface area is 186 Å². The van der Waals surface area contributed by atoms with Crippen LogP contribution in [-0.2, 0) is 10.8 Å². The number of hydrogen-bond acceptors (Lipinski definition) is 1. The van der Waals surface area contributed by atoms with Crippen LogP contribution in [-0.4, -0.2) is 4.98 Å². The van der Waals surface area contributed by atoms with Gasteiger partial charge in [-0.25, -0.2) is 0 Å². The van der Waals surface area contributed by atoms with Gasteiger partial charge in [-0.2, -0.15) is 0 Å². The highest BCUT2D eigenvalue weighted by molar-refractivity contribution is 5.95. The van der Waals surface area contributed by atoms with Crippen molar-refractivity contribution in [3.63, 3.8) is 0 Å². The Kier molecular flexibility index (Phi) is 4.21. The molecule has 5 rings (SSSR count). The van der Waals surface area contributed by atoms with Gasteiger partial charge >= 0.3 is 0 Å². The third-order valence-electron chi connectivity index (χ3n) is 7.16. The van der Waals surface area contributed by atoms with Gasteiger partial charge in [0.1, 0.15) is 0 Å². The number of fused-ring (bicyclic) bond motifs is 4. The number of nitrogens with zero attached hydrogens (tertiary/aromatic N) is 1. The Hall–Kier alpha value is -2.93. The van der Waals surface area contributed by atoms with Crippen LogP contribution in [0.4, 0.5) is 0 Å². The van der Waals surface area contributed by atoms with Crippen LogP contribution in [0.25, 0.3) is 33.2 Å². The summed E-state index contributed by atoms with van der Waals surface area (Å²) in [5, 5.41) is 2.63. The van der Waals surface area contributed by atoms with Crippen molar-refractivity contribution in [3.05, 3.63) is 88.6 Å². The lowest BCUT2D eigenvalue weighted by Gasteiger charge is -2.24. The average Bonchev–Trinajstić information content (AvgIpc) is 2.94. The average molecular weight is 406 g/mol. The van der Waals surface area contributed by atoms with Crippen LogP contribution in [0.15, 0.2) is 60.8 Å². The molecule has 0 saturated heterocycles. The number of benzene rings is 3. The van der Waals surface area contributed by atoms with E-state index in [1.807, 2.05) is 6.20 Å². The number of pyridine rings is 1. The Morgan fingerprint density at radius 2 is 1.52 bits per heavy atom. The molecule has 0 atom stereocenters. The van der Waals surface area contributed by atoms with Crippen LogP contribution in [0.3, 0.4) is 0 Å². The Morgan fingerprint density at radius 3 is 2.23 bits per heavy atom. The lowest BCUT2D eigenvalue weighted by Crippen LogP contribution is -2.17. The normalized spacial score (nSPS) is 14.5. The van der Waals surface area contributed by atoms with Crippen molar-refractivity contribution in [2.24, 2.45) is 0 Å². The smallest absolute Gasteiger partial charge is 0.0749 e. The maximum atomic E-state index is 4.89. The molecule has 4 aromatic rings. The van der Waals surface area contributed by atoms with E-state index in [9.17, 15) is 0 Å². The molecule has 1 aliphatic carbocycles. The molecule has 0 aliphatic heterocycles. The second-order valence-electron chi connectivity index (χ2n) is 10.7. The van der Waals surface area contributed by atoms with Crippen molar-refractivity contribution >= 4 is 10.8 Å². The Balaban J connectivity index is 1.76. The highest BCUT2D eigenvalue weighted by atomic mass is 14.7. The van der Waals surface area contributed by atoms with Crippen LogP contribution in [0.5, 0.6) is 0 Å². The van der Waals surface area contributed by atoms with E-state index in [4.69, 9.17) is 4.98 Å². The topological polar surface area (TPSA) is 12.9 Å². The fraction of sp³-hybridized carbons (Fsp3) is 0.300. The van der Waals surface area contributed by atoms with Crippen molar-refractivity contribution in [1.29, 1.82) is 0 Å². The molecule has 1 heteroatoms. The molecular formula is C30H31N. The summed E-state index contributed by atoms with van der Waals surface area (Å²) in [6, 6.07) is 20.6. The SMILES string of the molecule is Cc1ccc(-c2nccc3c2C(C)(C)c2cc4cc(C(C)(C)C)ccc4cc2-3)cc1C. The maximum Gasteiger partial charge on any atom is 0.0749 e. The van der Waals surface area contributed by atoms with Gasteiger partial charge in [0, 0.05) is 17.2 Å². The molecule has 0 bridgehead atoms. The lowest BCUT2D eigenvalue weighted by atomic mass is 9.79. The molecule has 0 saturated carbocycles. The van der Waals surface area contributed by atoms with Crippen LogP contribution in [0.2, 0.25) is 0 Å². The Morgan fingerprint density at radius 1 is 0.742 bits per heavy atom. The first-order valence-corrected chi connectivity index (χ1v) is 11.2. The summed E-state index contributed by atoms with van der Waals surface area (Å²) in [7, 11) is 0. The van der Waals surface area contributed by atoms with E-state index in [1.54, 1.807) is 0 Å². The molecule has 156 valence electrons. The molecule has 0 fully saturated rings. The summed E-state index contributed by atoms with van der Waals surface area (Å²) in [5.74, 6) is 0. The number of hydrogen-bond donors (Lipinski definition) is 0. The molecule has 31 heavy (non-hydrogen) atoms. The summed E-state index contributed by atoms with van der Waals surface area (Å²) < 4.78 is 0. The zero-order chi connectivity index (χ0) is 22.1. The molecule has 1 heterocycles. The van der Waals surface area contributed by atoms with Crippen LogP contribution < -0.4 is 0 Å². The van der Waals surface area contributed by atoms with Crippen molar-refractivity contribution < 1.29 is 0 Å². The first kappa shape index (κ1) is 20.0. The van der Waals surface area contributed by atoms with Crippen LogP contribution >= 0.6 is 0 Å². The van der Waals surface area contributed by atoms with Crippen molar-refractivity contribution in [1.82, 2.24) is 4.98 Å².